The number of ether oxygens (including phenoxy) is 4. The first-order valence-electron chi connectivity index (χ1n) is 8.36. The molecular weight excluding hydrogens is 433 g/mol. The Bertz CT molecular complexity index is 681. The molecule has 0 unspecified atom stereocenters. The van der Waals surface area contributed by atoms with Gasteiger partial charge in [0.2, 0.25) is 5.91 Å². The topological polar surface area (TPSA) is 175 Å². The molecule has 0 aliphatic carbocycles. The lowest BCUT2D eigenvalue weighted by Gasteiger charge is -2.45. The maximum absolute atomic E-state index is 11.7. The molecule has 0 aromatic rings. The number of amides is 1. The predicted molar refractivity (Wildman–Crippen MR) is 98.5 cm³/mol. The maximum Gasteiger partial charge on any atom is 0.335 e. The van der Waals surface area contributed by atoms with E-state index in [0.717, 1.165) is 20.8 Å². The van der Waals surface area contributed by atoms with E-state index in [-0.39, 0.29) is 6.61 Å². The zero-order valence-corrected chi connectivity index (χ0v) is 17.9. The Hall–Kier alpha value is -1.66. The van der Waals surface area contributed by atoms with E-state index in [0.29, 0.717) is 11.8 Å². The van der Waals surface area contributed by atoms with Gasteiger partial charge in [0.05, 0.1) is 5.49 Å². The highest BCUT2D eigenvalue weighted by Gasteiger charge is 2.51. The lowest BCUT2D eigenvalue weighted by atomic mass is 9.97. The molecule has 3 N–H and O–H groups in total. The lowest BCUT2D eigenvalue weighted by Crippen LogP contribution is -2.65. The van der Waals surface area contributed by atoms with E-state index >= 15 is 0 Å². The van der Waals surface area contributed by atoms with Crippen LogP contribution in [0.1, 0.15) is 27.7 Å². The van der Waals surface area contributed by atoms with Gasteiger partial charge in [-0.15, -0.1) is 11.8 Å². The summed E-state index contributed by atoms with van der Waals surface area (Å²) in [6, 6.07) is -1.11. The molecule has 1 saturated heterocycles. The second kappa shape index (κ2) is 10.9. The number of carbonyl (C=O) groups is 4. The summed E-state index contributed by atoms with van der Waals surface area (Å²) in [5.74, 6) is -2.69. The van der Waals surface area contributed by atoms with Gasteiger partial charge >= 0.3 is 25.5 Å². The standard InChI is InChI=1S/C15H24NO11PS/c1-7(17)16-12-14(26-10(4)20)13(25-9(3)19)11(5-24-8(2)18)27-15(12)29-6-28(21,22)23/h11-15H,5-6H2,1-4H3,(H,16,17)(H2,21,22,23)/t11-,12-,13-,14-,15+/m1/s1. The Morgan fingerprint density at radius 1 is 1.00 bits per heavy atom. The zero-order chi connectivity index (χ0) is 22.4. The van der Waals surface area contributed by atoms with E-state index in [1.165, 1.54) is 6.92 Å². The molecule has 1 rings (SSSR count). The summed E-state index contributed by atoms with van der Waals surface area (Å²) in [5, 5.41) is 2.50. The summed E-state index contributed by atoms with van der Waals surface area (Å²) in [6.45, 7) is 4.15. The van der Waals surface area contributed by atoms with Crippen LogP contribution in [-0.4, -0.2) is 75.5 Å². The molecule has 0 saturated carbocycles. The summed E-state index contributed by atoms with van der Waals surface area (Å²) in [4.78, 5) is 64.4. The molecule has 5 atom stereocenters. The minimum Gasteiger partial charge on any atom is -0.463 e. The fraction of sp³-hybridized carbons (Fsp3) is 0.733. The minimum absolute atomic E-state index is 0.384. The third-order valence-electron chi connectivity index (χ3n) is 3.48. The van der Waals surface area contributed by atoms with Crippen LogP contribution < -0.4 is 5.32 Å². The first kappa shape index (κ1) is 25.4. The van der Waals surface area contributed by atoms with Gasteiger partial charge in [-0.2, -0.15) is 0 Å². The molecule has 0 aromatic carbocycles. The number of nitrogens with one attached hydrogen (secondary N) is 1. The second-order valence-electron chi connectivity index (χ2n) is 6.18. The summed E-state index contributed by atoms with van der Waals surface area (Å²) >= 11 is 0.672. The summed E-state index contributed by atoms with van der Waals surface area (Å²) in [6.07, 6.45) is -3.63. The van der Waals surface area contributed by atoms with Gasteiger partial charge in [0.15, 0.2) is 12.2 Å². The highest BCUT2D eigenvalue weighted by Crippen LogP contribution is 2.43. The molecule has 1 fully saturated rings. The number of hydrogen-bond acceptors (Lipinski definition) is 10. The van der Waals surface area contributed by atoms with Gasteiger partial charge in [-0.1, -0.05) is 0 Å². The van der Waals surface area contributed by atoms with Crippen molar-refractivity contribution in [2.75, 3.05) is 12.1 Å². The summed E-state index contributed by atoms with van der Waals surface area (Å²) in [5.41, 5.74) is -1.76. The zero-order valence-electron chi connectivity index (χ0n) is 16.2. The highest BCUT2D eigenvalue weighted by atomic mass is 32.2. The molecule has 29 heavy (non-hydrogen) atoms. The Labute approximate surface area is 171 Å². The number of hydrogen-bond donors (Lipinski definition) is 3. The van der Waals surface area contributed by atoms with Gasteiger partial charge in [0.1, 0.15) is 24.2 Å². The van der Waals surface area contributed by atoms with Gasteiger partial charge in [-0.05, 0) is 0 Å². The normalized spacial score (nSPS) is 26.9. The fourth-order valence-corrected chi connectivity index (χ4v) is 4.62. The smallest absolute Gasteiger partial charge is 0.335 e. The van der Waals surface area contributed by atoms with Crippen molar-refractivity contribution in [2.45, 2.75) is 57.5 Å². The molecule has 14 heteroatoms. The monoisotopic (exact) mass is 457 g/mol. The van der Waals surface area contributed by atoms with Crippen LogP contribution in [0, 0.1) is 0 Å². The van der Waals surface area contributed by atoms with Gasteiger partial charge in [0.25, 0.3) is 0 Å². The van der Waals surface area contributed by atoms with Gasteiger partial charge < -0.3 is 34.1 Å². The Kier molecular flexibility index (Phi) is 9.56. The van der Waals surface area contributed by atoms with Crippen molar-refractivity contribution >= 4 is 43.2 Å². The van der Waals surface area contributed by atoms with Crippen molar-refractivity contribution < 1.29 is 52.5 Å². The van der Waals surface area contributed by atoms with E-state index in [4.69, 9.17) is 28.7 Å². The molecule has 166 valence electrons. The minimum atomic E-state index is -4.44. The molecule has 12 nitrogen and oxygen atoms in total. The van der Waals surface area contributed by atoms with Gasteiger partial charge in [-0.3, -0.25) is 23.7 Å². The molecule has 0 radical (unpaired) electrons. The van der Waals surface area contributed by atoms with E-state index in [9.17, 15) is 23.7 Å². The van der Waals surface area contributed by atoms with Crippen molar-refractivity contribution in [1.82, 2.24) is 5.32 Å². The molecule has 1 aliphatic heterocycles. The van der Waals surface area contributed by atoms with Crippen LogP contribution in [0.3, 0.4) is 0 Å². The largest absolute Gasteiger partial charge is 0.463 e. The molecule has 0 bridgehead atoms. The number of esters is 3. The number of carbonyl (C=O) groups excluding carboxylic acids is 4. The molecule has 1 heterocycles. The first-order valence-corrected chi connectivity index (χ1v) is 11.2. The van der Waals surface area contributed by atoms with Crippen LogP contribution in [0.5, 0.6) is 0 Å². The summed E-state index contributed by atoms with van der Waals surface area (Å²) in [7, 11) is -4.44. The quantitative estimate of drug-likeness (QED) is 0.243. The van der Waals surface area contributed by atoms with Crippen LogP contribution in [0.25, 0.3) is 0 Å². The van der Waals surface area contributed by atoms with E-state index in [2.05, 4.69) is 5.32 Å². The van der Waals surface area contributed by atoms with Crippen LogP contribution in [0.4, 0.5) is 0 Å². The first-order chi connectivity index (χ1) is 13.3. The number of rotatable bonds is 8. The molecule has 0 aromatic heterocycles. The van der Waals surface area contributed by atoms with Crippen LogP contribution in [0.2, 0.25) is 0 Å². The van der Waals surface area contributed by atoms with Crippen molar-refractivity contribution in [3.05, 3.63) is 0 Å². The van der Waals surface area contributed by atoms with E-state index < -0.39 is 66.7 Å². The van der Waals surface area contributed by atoms with E-state index in [1.807, 2.05) is 0 Å². The summed E-state index contributed by atoms with van der Waals surface area (Å²) < 4.78 is 32.4. The van der Waals surface area contributed by atoms with Gasteiger partial charge in [-0.25, -0.2) is 0 Å². The Morgan fingerprint density at radius 3 is 2.00 bits per heavy atom. The SMILES string of the molecule is CC(=O)N[C@@H]1[C@@H](OC(C)=O)[C@H](OC(C)=O)[C@@H](COC(C)=O)O[C@H]1SCP(=O)(O)O. The third-order valence-corrected chi connectivity index (χ3v) is 6.15. The molecule has 1 aliphatic rings. The fourth-order valence-electron chi connectivity index (χ4n) is 2.60. The average Bonchev–Trinajstić information content (AvgIpc) is 2.53. The Morgan fingerprint density at radius 2 is 1.55 bits per heavy atom. The van der Waals surface area contributed by atoms with Crippen molar-refractivity contribution in [1.29, 1.82) is 0 Å². The maximum atomic E-state index is 11.7. The van der Waals surface area contributed by atoms with Crippen molar-refractivity contribution in [3.8, 4) is 0 Å². The molecular formula is C15H24NO11PS. The molecule has 1 amide bonds. The lowest BCUT2D eigenvalue weighted by molar-refractivity contribution is -0.211. The van der Waals surface area contributed by atoms with Crippen molar-refractivity contribution in [2.24, 2.45) is 0 Å². The van der Waals surface area contributed by atoms with Crippen LogP contribution in [-0.2, 0) is 42.7 Å². The highest BCUT2D eigenvalue weighted by molar-refractivity contribution is 8.04. The van der Waals surface area contributed by atoms with Crippen molar-refractivity contribution in [3.63, 3.8) is 0 Å². The van der Waals surface area contributed by atoms with Crippen LogP contribution in [0.15, 0.2) is 0 Å². The second-order valence-corrected chi connectivity index (χ2v) is 9.34. The predicted octanol–water partition coefficient (Wildman–Crippen LogP) is -0.489. The average molecular weight is 457 g/mol. The van der Waals surface area contributed by atoms with Crippen LogP contribution >= 0.6 is 19.4 Å². The van der Waals surface area contributed by atoms with Gasteiger partial charge in [0, 0.05) is 27.7 Å². The molecule has 0 spiro atoms. The number of thioether (sulfide) groups is 1. The van der Waals surface area contributed by atoms with E-state index in [1.54, 1.807) is 0 Å². The third kappa shape index (κ3) is 9.13. The Balaban J connectivity index is 3.29.